The summed E-state index contributed by atoms with van der Waals surface area (Å²) in [5.74, 6) is 0.301. The summed E-state index contributed by atoms with van der Waals surface area (Å²) < 4.78 is 44.6. The number of amides is 1. The lowest BCUT2D eigenvalue weighted by Crippen LogP contribution is -2.19. The number of alkyl halides is 3. The predicted octanol–water partition coefficient (Wildman–Crippen LogP) is 4.38. The SMILES string of the molecule is CN(C)Cc1ccc(NC(=O)Oc2ccccc2)cc1C(F)(F)F. The van der Waals surface area contributed by atoms with Crippen LogP contribution in [0.1, 0.15) is 11.1 Å². The molecule has 0 aliphatic carbocycles. The van der Waals surface area contributed by atoms with Gasteiger partial charge >= 0.3 is 12.3 Å². The van der Waals surface area contributed by atoms with Gasteiger partial charge in [-0.1, -0.05) is 24.3 Å². The van der Waals surface area contributed by atoms with Crippen LogP contribution >= 0.6 is 0 Å². The van der Waals surface area contributed by atoms with Crippen LogP contribution in [0.2, 0.25) is 0 Å². The maximum atomic E-state index is 13.2. The van der Waals surface area contributed by atoms with Gasteiger partial charge in [-0.25, -0.2) is 4.79 Å². The molecule has 0 spiro atoms. The van der Waals surface area contributed by atoms with E-state index in [-0.39, 0.29) is 17.8 Å². The zero-order valence-corrected chi connectivity index (χ0v) is 13.2. The van der Waals surface area contributed by atoms with Crippen molar-refractivity contribution in [1.29, 1.82) is 0 Å². The average Bonchev–Trinajstić information content (AvgIpc) is 2.48. The number of nitrogens with zero attached hydrogens (tertiary/aromatic N) is 1. The van der Waals surface area contributed by atoms with E-state index in [1.54, 1.807) is 49.3 Å². The van der Waals surface area contributed by atoms with E-state index in [9.17, 15) is 18.0 Å². The minimum absolute atomic E-state index is 0.0192. The number of nitrogens with one attached hydrogen (secondary N) is 1. The fourth-order valence-corrected chi connectivity index (χ4v) is 2.14. The number of hydrogen-bond acceptors (Lipinski definition) is 3. The molecule has 7 heteroatoms. The van der Waals surface area contributed by atoms with Crippen molar-refractivity contribution in [1.82, 2.24) is 4.90 Å². The monoisotopic (exact) mass is 338 g/mol. The van der Waals surface area contributed by atoms with Crippen molar-refractivity contribution in [2.24, 2.45) is 0 Å². The largest absolute Gasteiger partial charge is 0.417 e. The molecule has 0 bridgehead atoms. The third-order valence-electron chi connectivity index (χ3n) is 3.10. The lowest BCUT2D eigenvalue weighted by molar-refractivity contribution is -0.138. The van der Waals surface area contributed by atoms with Crippen LogP contribution in [0, 0.1) is 0 Å². The van der Waals surface area contributed by atoms with E-state index in [0.29, 0.717) is 5.75 Å². The third-order valence-corrected chi connectivity index (χ3v) is 3.10. The second kappa shape index (κ2) is 7.35. The molecule has 0 aliphatic rings. The first-order chi connectivity index (χ1) is 11.3. The Morgan fingerprint density at radius 3 is 2.38 bits per heavy atom. The first-order valence-corrected chi connectivity index (χ1v) is 7.14. The first-order valence-electron chi connectivity index (χ1n) is 7.14. The van der Waals surface area contributed by atoms with Gasteiger partial charge in [0, 0.05) is 12.2 Å². The van der Waals surface area contributed by atoms with Crippen molar-refractivity contribution >= 4 is 11.8 Å². The summed E-state index contributed by atoms with van der Waals surface area (Å²) in [4.78, 5) is 13.4. The maximum Gasteiger partial charge on any atom is 0.417 e. The van der Waals surface area contributed by atoms with Crippen LogP contribution < -0.4 is 10.1 Å². The van der Waals surface area contributed by atoms with E-state index in [1.807, 2.05) is 0 Å². The van der Waals surface area contributed by atoms with E-state index in [1.165, 1.54) is 12.1 Å². The Hall–Kier alpha value is -2.54. The second-order valence-corrected chi connectivity index (χ2v) is 5.44. The number of carbonyl (C=O) groups excluding carboxylic acids is 1. The van der Waals surface area contributed by atoms with Gasteiger partial charge in [0.05, 0.1) is 5.56 Å². The van der Waals surface area contributed by atoms with Gasteiger partial charge in [0.25, 0.3) is 0 Å². The molecule has 0 heterocycles. The number of halogens is 3. The van der Waals surface area contributed by atoms with E-state index < -0.39 is 17.8 Å². The second-order valence-electron chi connectivity index (χ2n) is 5.44. The normalized spacial score (nSPS) is 11.4. The lowest BCUT2D eigenvalue weighted by atomic mass is 10.1. The van der Waals surface area contributed by atoms with Crippen molar-refractivity contribution in [2.45, 2.75) is 12.7 Å². The molecule has 4 nitrogen and oxygen atoms in total. The van der Waals surface area contributed by atoms with Crippen molar-refractivity contribution in [3.05, 3.63) is 59.7 Å². The molecular formula is C17H17F3N2O2. The average molecular weight is 338 g/mol. The van der Waals surface area contributed by atoms with Crippen LogP contribution in [0.4, 0.5) is 23.7 Å². The van der Waals surface area contributed by atoms with Gasteiger partial charge in [0.2, 0.25) is 0 Å². The molecule has 24 heavy (non-hydrogen) atoms. The van der Waals surface area contributed by atoms with Crippen LogP contribution in [-0.2, 0) is 12.7 Å². The smallest absolute Gasteiger partial charge is 0.410 e. The van der Waals surface area contributed by atoms with Crippen molar-refractivity contribution in [3.63, 3.8) is 0 Å². The highest BCUT2D eigenvalue weighted by atomic mass is 19.4. The van der Waals surface area contributed by atoms with E-state index in [0.717, 1.165) is 6.07 Å². The van der Waals surface area contributed by atoms with Gasteiger partial charge < -0.3 is 9.64 Å². The number of rotatable bonds is 4. The van der Waals surface area contributed by atoms with Gasteiger partial charge in [0.15, 0.2) is 0 Å². The Kier molecular flexibility index (Phi) is 5.46. The summed E-state index contributed by atoms with van der Waals surface area (Å²) in [6.07, 6.45) is -5.36. The molecule has 0 saturated heterocycles. The Bertz CT molecular complexity index is 701. The fraction of sp³-hybridized carbons (Fsp3) is 0.235. The number of ether oxygens (including phenoxy) is 1. The van der Waals surface area contributed by atoms with Crippen molar-refractivity contribution < 1.29 is 22.7 Å². The van der Waals surface area contributed by atoms with Gasteiger partial charge in [0.1, 0.15) is 5.75 Å². The number of hydrogen-bond donors (Lipinski definition) is 1. The highest BCUT2D eigenvalue weighted by molar-refractivity contribution is 5.86. The molecule has 1 amide bonds. The molecule has 2 aromatic rings. The minimum atomic E-state index is -4.51. The minimum Gasteiger partial charge on any atom is -0.410 e. The lowest BCUT2D eigenvalue weighted by Gasteiger charge is -2.17. The van der Waals surface area contributed by atoms with Crippen molar-refractivity contribution in [3.8, 4) is 5.75 Å². The molecule has 2 rings (SSSR count). The maximum absolute atomic E-state index is 13.2. The zero-order chi connectivity index (χ0) is 17.7. The first kappa shape index (κ1) is 17.8. The quantitative estimate of drug-likeness (QED) is 0.900. The van der Waals surface area contributed by atoms with Gasteiger partial charge in [-0.05, 0) is 43.9 Å². The molecular weight excluding hydrogens is 321 g/mol. The molecule has 128 valence electrons. The summed E-state index contributed by atoms with van der Waals surface area (Å²) in [6.45, 7) is 0.142. The molecule has 0 saturated carbocycles. The van der Waals surface area contributed by atoms with Crippen LogP contribution in [0.3, 0.4) is 0 Å². The molecule has 0 aromatic heterocycles. The van der Waals surface area contributed by atoms with Crippen molar-refractivity contribution in [2.75, 3.05) is 19.4 Å². The number of para-hydroxylation sites is 1. The van der Waals surface area contributed by atoms with Crippen LogP contribution in [0.25, 0.3) is 0 Å². The summed E-state index contributed by atoms with van der Waals surface area (Å²) >= 11 is 0. The third kappa shape index (κ3) is 4.99. The van der Waals surface area contributed by atoms with E-state index >= 15 is 0 Å². The fourth-order valence-electron chi connectivity index (χ4n) is 2.14. The molecule has 1 N–H and O–H groups in total. The zero-order valence-electron chi connectivity index (χ0n) is 13.2. The number of benzene rings is 2. The molecule has 0 unspecified atom stereocenters. The molecule has 2 aromatic carbocycles. The Balaban J connectivity index is 2.17. The summed E-state index contributed by atoms with van der Waals surface area (Å²) in [6, 6.07) is 11.9. The highest BCUT2D eigenvalue weighted by Gasteiger charge is 2.33. The van der Waals surface area contributed by atoms with Gasteiger partial charge in [-0.2, -0.15) is 13.2 Å². The number of carbonyl (C=O) groups is 1. The molecule has 0 radical (unpaired) electrons. The summed E-state index contributed by atoms with van der Waals surface area (Å²) in [5.41, 5.74) is -0.631. The Labute approximate surface area is 137 Å². The highest BCUT2D eigenvalue weighted by Crippen LogP contribution is 2.34. The van der Waals surface area contributed by atoms with Crippen LogP contribution in [-0.4, -0.2) is 25.1 Å². The Morgan fingerprint density at radius 1 is 1.12 bits per heavy atom. The topological polar surface area (TPSA) is 41.6 Å². The van der Waals surface area contributed by atoms with Gasteiger partial charge in [-0.3, -0.25) is 5.32 Å². The Morgan fingerprint density at radius 2 is 1.79 bits per heavy atom. The summed E-state index contributed by atoms with van der Waals surface area (Å²) in [7, 11) is 3.37. The number of anilines is 1. The molecule has 0 fully saturated rings. The van der Waals surface area contributed by atoms with Crippen LogP contribution in [0.5, 0.6) is 5.75 Å². The molecule has 0 atom stereocenters. The standard InChI is InChI=1S/C17H17F3N2O2/c1-22(2)11-12-8-9-13(10-15(12)17(18,19)20)21-16(23)24-14-6-4-3-5-7-14/h3-10H,11H2,1-2H3,(H,21,23). The predicted molar refractivity (Wildman–Crippen MR) is 84.9 cm³/mol. The molecule has 0 aliphatic heterocycles. The van der Waals surface area contributed by atoms with E-state index in [4.69, 9.17) is 4.74 Å². The van der Waals surface area contributed by atoms with Gasteiger partial charge in [-0.15, -0.1) is 0 Å². The van der Waals surface area contributed by atoms with E-state index in [2.05, 4.69) is 5.32 Å². The van der Waals surface area contributed by atoms with Crippen LogP contribution in [0.15, 0.2) is 48.5 Å². The summed E-state index contributed by atoms with van der Waals surface area (Å²) in [5, 5.41) is 2.31.